The Morgan fingerprint density at radius 3 is 2.22 bits per heavy atom. The number of aryl methyl sites for hydroxylation is 1. The number of rotatable bonds is 5. The highest BCUT2D eigenvalue weighted by molar-refractivity contribution is 6.08. The fraction of sp³-hybridized carbons (Fsp3) is 0.211. The molecule has 0 aliphatic carbocycles. The van der Waals surface area contributed by atoms with Gasteiger partial charge in [-0.3, -0.25) is 14.4 Å². The third-order valence-electron chi connectivity index (χ3n) is 3.90. The van der Waals surface area contributed by atoms with Gasteiger partial charge in [0.1, 0.15) is 17.3 Å². The van der Waals surface area contributed by atoms with Crippen LogP contribution in [0.1, 0.15) is 46.5 Å². The summed E-state index contributed by atoms with van der Waals surface area (Å²) < 4.78 is 13.7. The molecule has 2 rings (SSSR count). The highest BCUT2D eigenvalue weighted by Gasteiger charge is 2.19. The molecule has 0 radical (unpaired) electrons. The molecular formula is C19H19FN2O5. The number of carbonyl (C=O) groups excluding carboxylic acids is 3. The number of ketones is 1. The number of Topliss-reactive ketones (excluding diaryl/α,β-unsaturated/α-hetero) is 1. The van der Waals surface area contributed by atoms with Crippen LogP contribution < -0.4 is 10.6 Å². The largest absolute Gasteiger partial charge is 0.507 e. The van der Waals surface area contributed by atoms with Gasteiger partial charge in [-0.05, 0) is 31.5 Å². The second-order valence-electron chi connectivity index (χ2n) is 5.95. The first-order valence-corrected chi connectivity index (χ1v) is 8.12. The number of anilines is 2. The van der Waals surface area contributed by atoms with Crippen molar-refractivity contribution in [2.75, 3.05) is 10.6 Å². The van der Waals surface area contributed by atoms with Crippen LogP contribution in [0, 0.1) is 12.7 Å². The first-order valence-electron chi connectivity index (χ1n) is 8.12. The van der Waals surface area contributed by atoms with E-state index in [-0.39, 0.29) is 34.9 Å². The van der Waals surface area contributed by atoms with Crippen molar-refractivity contribution in [2.45, 2.75) is 27.2 Å². The lowest BCUT2D eigenvalue weighted by molar-refractivity contribution is -0.115. The minimum absolute atomic E-state index is 0.0279. The maximum absolute atomic E-state index is 13.7. The molecule has 2 amide bonds. The number of phenolic OH excluding ortho intramolecular Hbond substituents is 2. The number of hydrogen-bond donors (Lipinski definition) is 4. The lowest BCUT2D eigenvalue weighted by Gasteiger charge is -2.14. The maximum atomic E-state index is 13.7. The van der Waals surface area contributed by atoms with Crippen molar-refractivity contribution in [3.63, 3.8) is 0 Å². The third-order valence-corrected chi connectivity index (χ3v) is 3.90. The fourth-order valence-electron chi connectivity index (χ4n) is 2.37. The molecule has 0 aliphatic rings. The van der Waals surface area contributed by atoms with Crippen LogP contribution in [0.15, 0.2) is 24.3 Å². The third kappa shape index (κ3) is 4.41. The topological polar surface area (TPSA) is 116 Å². The molecule has 0 saturated heterocycles. The van der Waals surface area contributed by atoms with Gasteiger partial charge in [-0.25, -0.2) is 4.39 Å². The van der Waals surface area contributed by atoms with E-state index >= 15 is 0 Å². The summed E-state index contributed by atoms with van der Waals surface area (Å²) in [6.45, 7) is 4.49. The molecule has 27 heavy (non-hydrogen) atoms. The number of halogens is 1. The van der Waals surface area contributed by atoms with Crippen molar-refractivity contribution < 1.29 is 29.0 Å². The predicted octanol–water partition coefficient (Wildman–Crippen LogP) is 3.35. The quantitative estimate of drug-likeness (QED) is 0.473. The van der Waals surface area contributed by atoms with Gasteiger partial charge in [-0.1, -0.05) is 6.92 Å². The number of phenols is 2. The molecule has 0 bridgehead atoms. The first-order chi connectivity index (χ1) is 12.6. The number of carbonyl (C=O) groups is 3. The van der Waals surface area contributed by atoms with Gasteiger partial charge in [0.2, 0.25) is 5.91 Å². The first kappa shape index (κ1) is 19.9. The molecular weight excluding hydrogens is 355 g/mol. The van der Waals surface area contributed by atoms with Crippen LogP contribution in [0.2, 0.25) is 0 Å². The minimum Gasteiger partial charge on any atom is -0.507 e. The zero-order valence-electron chi connectivity index (χ0n) is 15.0. The van der Waals surface area contributed by atoms with Crippen molar-refractivity contribution in [1.29, 1.82) is 0 Å². The maximum Gasteiger partial charge on any atom is 0.259 e. The minimum atomic E-state index is -0.939. The highest BCUT2D eigenvalue weighted by Crippen LogP contribution is 2.31. The lowest BCUT2D eigenvalue weighted by Crippen LogP contribution is -2.15. The summed E-state index contributed by atoms with van der Waals surface area (Å²) in [7, 11) is 0. The molecule has 0 saturated carbocycles. The van der Waals surface area contributed by atoms with Crippen LogP contribution in [0.5, 0.6) is 11.5 Å². The summed E-state index contributed by atoms with van der Waals surface area (Å²) in [6, 6.07) is 4.34. The number of nitrogens with one attached hydrogen (secondary N) is 2. The fourth-order valence-corrected chi connectivity index (χ4v) is 2.37. The van der Waals surface area contributed by atoms with Crippen LogP contribution in [-0.2, 0) is 4.79 Å². The van der Waals surface area contributed by atoms with Gasteiger partial charge in [0, 0.05) is 24.2 Å². The molecule has 4 N–H and O–H groups in total. The molecule has 0 atom stereocenters. The summed E-state index contributed by atoms with van der Waals surface area (Å²) >= 11 is 0. The summed E-state index contributed by atoms with van der Waals surface area (Å²) in [6.07, 6.45) is 0.265. The van der Waals surface area contributed by atoms with E-state index in [1.807, 2.05) is 0 Å². The van der Waals surface area contributed by atoms with Crippen LogP contribution in [0.4, 0.5) is 15.8 Å². The molecule has 7 nitrogen and oxygen atoms in total. The SMILES string of the molecule is CCC(=O)Nc1cc(O)c(NC(=O)c2cc(C(C)=O)c(F)cc2O)cc1C. The van der Waals surface area contributed by atoms with Gasteiger partial charge in [0.15, 0.2) is 5.78 Å². The van der Waals surface area contributed by atoms with E-state index in [1.165, 1.54) is 12.1 Å². The summed E-state index contributed by atoms with van der Waals surface area (Å²) in [5.74, 6) is -3.56. The standard InChI is InChI=1S/C19H19FN2O5/c1-4-18(26)21-14-8-17(25)15(5-9(14)2)22-19(27)12-6-11(10(3)23)13(20)7-16(12)24/h5-8,24-25H,4H2,1-3H3,(H,21,26)(H,22,27). The average Bonchev–Trinajstić information content (AvgIpc) is 2.58. The summed E-state index contributed by atoms with van der Waals surface area (Å²) in [4.78, 5) is 35.3. The lowest BCUT2D eigenvalue weighted by atomic mass is 10.0. The molecule has 0 heterocycles. The Balaban J connectivity index is 2.33. The molecule has 0 unspecified atom stereocenters. The van der Waals surface area contributed by atoms with Gasteiger partial charge in [-0.2, -0.15) is 0 Å². The van der Waals surface area contributed by atoms with Crippen LogP contribution in [0.3, 0.4) is 0 Å². The monoisotopic (exact) mass is 374 g/mol. The van der Waals surface area contributed by atoms with E-state index in [4.69, 9.17) is 0 Å². The molecule has 0 aromatic heterocycles. The molecule has 2 aromatic carbocycles. The van der Waals surface area contributed by atoms with Gasteiger partial charge in [0.05, 0.1) is 16.8 Å². The van der Waals surface area contributed by atoms with Crippen LogP contribution in [-0.4, -0.2) is 27.8 Å². The summed E-state index contributed by atoms with van der Waals surface area (Å²) in [5.41, 5.74) is 0.344. The average molecular weight is 374 g/mol. The van der Waals surface area contributed by atoms with Crippen molar-refractivity contribution in [3.05, 3.63) is 46.8 Å². The smallest absolute Gasteiger partial charge is 0.259 e. The number of aromatic hydroxyl groups is 2. The Bertz CT molecular complexity index is 940. The predicted molar refractivity (Wildman–Crippen MR) is 97.8 cm³/mol. The van der Waals surface area contributed by atoms with E-state index in [0.717, 1.165) is 13.0 Å². The molecule has 0 spiro atoms. The molecule has 142 valence electrons. The molecule has 2 aromatic rings. The number of benzene rings is 2. The van der Waals surface area contributed by atoms with E-state index in [2.05, 4.69) is 10.6 Å². The summed E-state index contributed by atoms with van der Waals surface area (Å²) in [5, 5.41) is 24.9. The Morgan fingerprint density at radius 1 is 0.963 bits per heavy atom. The Hall–Kier alpha value is -3.42. The molecule has 8 heteroatoms. The van der Waals surface area contributed by atoms with E-state index < -0.39 is 23.3 Å². The Morgan fingerprint density at radius 2 is 1.63 bits per heavy atom. The van der Waals surface area contributed by atoms with Gasteiger partial charge in [0.25, 0.3) is 5.91 Å². The Labute approximate surface area is 154 Å². The van der Waals surface area contributed by atoms with E-state index in [0.29, 0.717) is 17.3 Å². The Kier molecular flexibility index (Phi) is 5.79. The number of hydrogen-bond acceptors (Lipinski definition) is 5. The van der Waals surface area contributed by atoms with Crippen molar-refractivity contribution in [1.82, 2.24) is 0 Å². The van der Waals surface area contributed by atoms with Crippen molar-refractivity contribution in [2.24, 2.45) is 0 Å². The van der Waals surface area contributed by atoms with Gasteiger partial charge < -0.3 is 20.8 Å². The van der Waals surface area contributed by atoms with Crippen molar-refractivity contribution in [3.8, 4) is 11.5 Å². The second-order valence-corrected chi connectivity index (χ2v) is 5.95. The normalized spacial score (nSPS) is 10.4. The zero-order valence-corrected chi connectivity index (χ0v) is 15.0. The van der Waals surface area contributed by atoms with Gasteiger partial charge in [-0.15, -0.1) is 0 Å². The van der Waals surface area contributed by atoms with Crippen LogP contribution >= 0.6 is 0 Å². The molecule has 0 aliphatic heterocycles. The van der Waals surface area contributed by atoms with E-state index in [9.17, 15) is 29.0 Å². The molecule has 0 fully saturated rings. The number of amides is 2. The van der Waals surface area contributed by atoms with Crippen LogP contribution in [0.25, 0.3) is 0 Å². The second kappa shape index (κ2) is 7.86. The van der Waals surface area contributed by atoms with E-state index in [1.54, 1.807) is 13.8 Å². The van der Waals surface area contributed by atoms with Gasteiger partial charge >= 0.3 is 0 Å². The highest BCUT2D eigenvalue weighted by atomic mass is 19.1. The van der Waals surface area contributed by atoms with Crippen molar-refractivity contribution >= 4 is 29.0 Å². The zero-order chi connectivity index (χ0) is 20.3.